The largest absolute Gasteiger partial charge is 0.497 e. The smallest absolute Gasteiger partial charge is 0.260 e. The van der Waals surface area contributed by atoms with Gasteiger partial charge >= 0.3 is 0 Å². The molecule has 0 aliphatic heterocycles. The van der Waals surface area contributed by atoms with Gasteiger partial charge in [-0.1, -0.05) is 18.2 Å². The minimum Gasteiger partial charge on any atom is -0.497 e. The quantitative estimate of drug-likeness (QED) is 0.680. The van der Waals surface area contributed by atoms with Crippen molar-refractivity contribution in [2.45, 2.75) is 13.0 Å². The number of nitrogens with zero attached hydrogens (tertiary/aromatic N) is 1. The number of carbonyl (C=O) groups excluding carboxylic acids is 1. The topological polar surface area (TPSA) is 51.9 Å². The van der Waals surface area contributed by atoms with Crippen LogP contribution in [0.1, 0.15) is 18.7 Å². The summed E-state index contributed by atoms with van der Waals surface area (Å²) >= 11 is 0. The molecule has 2 aromatic carbocycles. The minimum absolute atomic E-state index is 0.0343. The minimum atomic E-state index is -0.181. The summed E-state index contributed by atoms with van der Waals surface area (Å²) < 4.78 is 16.5. The fraction of sp³-hybridized carbons (Fsp3) is 0.250. The molecule has 3 aromatic rings. The first-order valence-corrected chi connectivity index (χ1v) is 8.09. The van der Waals surface area contributed by atoms with Crippen molar-refractivity contribution in [3.63, 3.8) is 0 Å². The number of rotatable bonds is 6. The molecule has 1 aromatic heterocycles. The van der Waals surface area contributed by atoms with Crippen molar-refractivity contribution < 1.29 is 18.7 Å². The molecule has 0 aliphatic rings. The summed E-state index contributed by atoms with van der Waals surface area (Å²) in [4.78, 5) is 14.0. The zero-order chi connectivity index (χ0) is 17.8. The maximum Gasteiger partial charge on any atom is 0.260 e. The van der Waals surface area contributed by atoms with E-state index in [-0.39, 0.29) is 18.6 Å². The Morgan fingerprint density at radius 1 is 1.12 bits per heavy atom. The van der Waals surface area contributed by atoms with E-state index in [0.717, 1.165) is 22.5 Å². The maximum absolute atomic E-state index is 12.4. The van der Waals surface area contributed by atoms with Gasteiger partial charge in [0, 0.05) is 12.4 Å². The van der Waals surface area contributed by atoms with Gasteiger partial charge in [-0.25, -0.2) is 0 Å². The Hall–Kier alpha value is -2.95. The Morgan fingerprint density at radius 3 is 2.48 bits per heavy atom. The summed E-state index contributed by atoms with van der Waals surface area (Å²) in [5.41, 5.74) is 0.819. The highest BCUT2D eigenvalue weighted by Gasteiger charge is 2.21. The number of carbonyl (C=O) groups is 1. The Morgan fingerprint density at radius 2 is 1.80 bits per heavy atom. The SMILES string of the molecule is COc1ccc(OCC(=O)N(C)C(C)c2cc3ccccc3o2)cc1. The van der Waals surface area contributed by atoms with Crippen LogP contribution in [-0.4, -0.2) is 31.6 Å². The van der Waals surface area contributed by atoms with Crippen LogP contribution in [0.3, 0.4) is 0 Å². The molecule has 0 fully saturated rings. The molecular formula is C20H21NO4. The lowest BCUT2D eigenvalue weighted by Crippen LogP contribution is -2.33. The number of furan rings is 1. The first-order valence-electron chi connectivity index (χ1n) is 8.09. The molecule has 0 spiro atoms. The van der Waals surface area contributed by atoms with E-state index < -0.39 is 0 Å². The Balaban J connectivity index is 1.62. The van der Waals surface area contributed by atoms with E-state index in [9.17, 15) is 4.79 Å². The summed E-state index contributed by atoms with van der Waals surface area (Å²) in [6, 6.07) is 16.7. The van der Waals surface area contributed by atoms with E-state index in [1.165, 1.54) is 0 Å². The Kier molecular flexibility index (Phi) is 4.93. The van der Waals surface area contributed by atoms with E-state index in [2.05, 4.69) is 0 Å². The maximum atomic E-state index is 12.4. The number of hydrogen-bond acceptors (Lipinski definition) is 4. The van der Waals surface area contributed by atoms with Crippen LogP contribution >= 0.6 is 0 Å². The van der Waals surface area contributed by atoms with E-state index in [4.69, 9.17) is 13.9 Å². The number of amides is 1. The van der Waals surface area contributed by atoms with Crippen LogP contribution < -0.4 is 9.47 Å². The summed E-state index contributed by atoms with van der Waals surface area (Å²) in [7, 11) is 3.35. The van der Waals surface area contributed by atoms with E-state index in [1.54, 1.807) is 43.3 Å². The normalized spacial score (nSPS) is 12.0. The molecule has 0 saturated carbocycles. The highest BCUT2D eigenvalue weighted by molar-refractivity contribution is 5.79. The summed E-state index contributed by atoms with van der Waals surface area (Å²) in [5.74, 6) is 2.00. The van der Waals surface area contributed by atoms with Crippen molar-refractivity contribution in [1.82, 2.24) is 4.90 Å². The van der Waals surface area contributed by atoms with Crippen LogP contribution in [-0.2, 0) is 4.79 Å². The fourth-order valence-corrected chi connectivity index (χ4v) is 2.53. The van der Waals surface area contributed by atoms with Gasteiger partial charge in [-0.3, -0.25) is 4.79 Å². The number of para-hydroxylation sites is 1. The fourth-order valence-electron chi connectivity index (χ4n) is 2.53. The molecule has 130 valence electrons. The Bertz CT molecular complexity index is 821. The predicted molar refractivity (Wildman–Crippen MR) is 95.9 cm³/mol. The molecular weight excluding hydrogens is 318 g/mol. The standard InChI is InChI=1S/C20H21NO4/c1-14(19-12-15-6-4-5-7-18(15)25-19)21(2)20(22)13-24-17-10-8-16(23-3)9-11-17/h4-12,14H,13H2,1-3H3. The zero-order valence-corrected chi connectivity index (χ0v) is 14.6. The summed E-state index contributed by atoms with van der Waals surface area (Å²) in [6.45, 7) is 1.90. The number of ether oxygens (including phenoxy) is 2. The second-order valence-electron chi connectivity index (χ2n) is 5.83. The van der Waals surface area contributed by atoms with Crippen LogP contribution in [0.25, 0.3) is 11.0 Å². The molecule has 3 rings (SSSR count). The van der Waals surface area contributed by atoms with Crippen molar-refractivity contribution in [2.24, 2.45) is 0 Å². The molecule has 1 heterocycles. The van der Waals surface area contributed by atoms with Gasteiger partial charge in [0.2, 0.25) is 0 Å². The molecule has 0 N–H and O–H groups in total. The highest BCUT2D eigenvalue weighted by atomic mass is 16.5. The zero-order valence-electron chi connectivity index (χ0n) is 14.6. The second-order valence-corrected chi connectivity index (χ2v) is 5.83. The third kappa shape index (κ3) is 3.76. The summed E-state index contributed by atoms with van der Waals surface area (Å²) in [5, 5.41) is 1.03. The van der Waals surface area contributed by atoms with Crippen LogP contribution in [0.2, 0.25) is 0 Å². The van der Waals surface area contributed by atoms with Crippen molar-refractivity contribution in [3.05, 3.63) is 60.4 Å². The average molecular weight is 339 g/mol. The van der Waals surface area contributed by atoms with Crippen molar-refractivity contribution >= 4 is 16.9 Å². The lowest BCUT2D eigenvalue weighted by molar-refractivity contribution is -0.134. The van der Waals surface area contributed by atoms with Gasteiger partial charge in [0.25, 0.3) is 5.91 Å². The van der Waals surface area contributed by atoms with Gasteiger partial charge in [-0.05, 0) is 43.3 Å². The first kappa shape index (κ1) is 16.9. The van der Waals surface area contributed by atoms with Crippen LogP contribution in [0.4, 0.5) is 0 Å². The molecule has 1 atom stereocenters. The van der Waals surface area contributed by atoms with E-state index >= 15 is 0 Å². The lowest BCUT2D eigenvalue weighted by atomic mass is 10.2. The van der Waals surface area contributed by atoms with E-state index in [0.29, 0.717) is 5.75 Å². The van der Waals surface area contributed by atoms with Gasteiger partial charge in [0.1, 0.15) is 22.8 Å². The molecule has 5 heteroatoms. The number of methoxy groups -OCH3 is 1. The van der Waals surface area contributed by atoms with Crippen LogP contribution in [0.15, 0.2) is 59.0 Å². The first-order chi connectivity index (χ1) is 12.1. The van der Waals surface area contributed by atoms with Gasteiger partial charge in [0.15, 0.2) is 6.61 Å². The van der Waals surface area contributed by atoms with Gasteiger partial charge in [-0.15, -0.1) is 0 Å². The third-order valence-corrected chi connectivity index (χ3v) is 4.25. The number of likely N-dealkylation sites (N-methyl/N-ethyl adjacent to an activating group) is 1. The molecule has 0 radical (unpaired) electrons. The van der Waals surface area contributed by atoms with Crippen molar-refractivity contribution in [1.29, 1.82) is 0 Å². The number of fused-ring (bicyclic) bond motifs is 1. The summed E-state index contributed by atoms with van der Waals surface area (Å²) in [6.07, 6.45) is 0. The van der Waals surface area contributed by atoms with Crippen LogP contribution in [0, 0.1) is 0 Å². The monoisotopic (exact) mass is 339 g/mol. The Labute approximate surface area is 146 Å². The molecule has 5 nitrogen and oxygen atoms in total. The van der Waals surface area contributed by atoms with Crippen LogP contribution in [0.5, 0.6) is 11.5 Å². The average Bonchev–Trinajstić information content (AvgIpc) is 3.09. The molecule has 0 saturated heterocycles. The molecule has 25 heavy (non-hydrogen) atoms. The lowest BCUT2D eigenvalue weighted by Gasteiger charge is -2.23. The van der Waals surface area contributed by atoms with Gasteiger partial charge < -0.3 is 18.8 Å². The van der Waals surface area contributed by atoms with Crippen molar-refractivity contribution in [3.8, 4) is 11.5 Å². The highest BCUT2D eigenvalue weighted by Crippen LogP contribution is 2.26. The number of benzene rings is 2. The van der Waals surface area contributed by atoms with Gasteiger partial charge in [0.05, 0.1) is 13.2 Å². The molecule has 0 bridgehead atoms. The van der Waals surface area contributed by atoms with E-state index in [1.807, 2.05) is 37.3 Å². The third-order valence-electron chi connectivity index (χ3n) is 4.25. The van der Waals surface area contributed by atoms with Crippen molar-refractivity contribution in [2.75, 3.05) is 20.8 Å². The van der Waals surface area contributed by atoms with Gasteiger partial charge in [-0.2, -0.15) is 0 Å². The molecule has 1 amide bonds. The molecule has 0 aliphatic carbocycles. The molecule has 1 unspecified atom stereocenters. The predicted octanol–water partition coefficient (Wildman–Crippen LogP) is 4.04. The second kappa shape index (κ2) is 7.30. The number of hydrogen-bond donors (Lipinski definition) is 0.